The second kappa shape index (κ2) is 10.0. The number of likely N-dealkylation sites (N-methyl/N-ethyl adjacent to an activating group) is 1. The van der Waals surface area contributed by atoms with Crippen LogP contribution in [0.5, 0.6) is 11.9 Å². The highest BCUT2D eigenvalue weighted by atomic mass is 35.5. The SMILES string of the molecule is CN1c2nc(OC[C@@]34CCCN3C[C@H](F)C4)nc3c(F)c(-c4nc(N)cc(Cl)c4C4CC4)nc(c23)OC[C@@H]1CCO. The number of hydrogen-bond donors (Lipinski definition) is 2. The number of hydrogen-bond acceptors (Lipinski definition) is 10. The number of anilines is 2. The van der Waals surface area contributed by atoms with E-state index < -0.39 is 17.5 Å². The van der Waals surface area contributed by atoms with Gasteiger partial charge in [0.15, 0.2) is 5.82 Å². The van der Waals surface area contributed by atoms with Gasteiger partial charge in [0.05, 0.1) is 17.3 Å². The molecule has 1 aliphatic carbocycles. The van der Waals surface area contributed by atoms with Crippen molar-refractivity contribution in [3.63, 3.8) is 0 Å². The fraction of sp³-hybridized carbons (Fsp3) is 0.571. The number of aliphatic hydroxyl groups excluding tert-OH is 1. The molecule has 2 saturated heterocycles. The van der Waals surface area contributed by atoms with Crippen molar-refractivity contribution in [1.29, 1.82) is 0 Å². The average Bonchev–Trinajstić information content (AvgIpc) is 3.64. The fourth-order valence-corrected chi connectivity index (χ4v) is 7.06. The minimum atomic E-state index is -0.907. The molecule has 7 rings (SSSR count). The largest absolute Gasteiger partial charge is 0.475 e. The van der Waals surface area contributed by atoms with Crippen LogP contribution < -0.4 is 20.1 Å². The highest BCUT2D eigenvalue weighted by Crippen LogP contribution is 2.49. The number of nitrogen functional groups attached to an aromatic ring is 1. The van der Waals surface area contributed by atoms with Crippen LogP contribution in [-0.4, -0.2) is 87.7 Å². The van der Waals surface area contributed by atoms with Gasteiger partial charge in [-0.25, -0.2) is 18.7 Å². The molecule has 4 aliphatic rings. The van der Waals surface area contributed by atoms with Gasteiger partial charge in [-0.05, 0) is 50.6 Å². The summed E-state index contributed by atoms with van der Waals surface area (Å²) in [6.45, 7) is 1.53. The van der Waals surface area contributed by atoms with E-state index in [2.05, 4.69) is 24.8 Å². The number of rotatable bonds is 7. The molecule has 0 spiro atoms. The number of fused-ring (bicyclic) bond motifs is 1. The highest BCUT2D eigenvalue weighted by molar-refractivity contribution is 6.32. The second-order valence-electron chi connectivity index (χ2n) is 11.7. The maximum absolute atomic E-state index is 16.6. The van der Waals surface area contributed by atoms with Crippen molar-refractivity contribution in [2.45, 2.75) is 62.2 Å². The van der Waals surface area contributed by atoms with E-state index in [1.54, 1.807) is 6.07 Å². The molecule has 3 aliphatic heterocycles. The third-order valence-electron chi connectivity index (χ3n) is 8.94. The van der Waals surface area contributed by atoms with Gasteiger partial charge in [-0.3, -0.25) is 4.90 Å². The molecule has 0 unspecified atom stereocenters. The zero-order chi connectivity index (χ0) is 28.5. The lowest BCUT2D eigenvalue weighted by Crippen LogP contribution is -2.43. The lowest BCUT2D eigenvalue weighted by atomic mass is 9.95. The van der Waals surface area contributed by atoms with E-state index in [9.17, 15) is 9.50 Å². The lowest BCUT2D eigenvalue weighted by molar-refractivity contribution is 0.107. The molecule has 218 valence electrons. The lowest BCUT2D eigenvalue weighted by Gasteiger charge is -2.31. The van der Waals surface area contributed by atoms with Gasteiger partial charge in [0.2, 0.25) is 5.88 Å². The van der Waals surface area contributed by atoms with Gasteiger partial charge < -0.3 is 25.2 Å². The molecule has 0 radical (unpaired) electrons. The van der Waals surface area contributed by atoms with Gasteiger partial charge in [0, 0.05) is 37.2 Å². The minimum absolute atomic E-state index is 0.0180. The summed E-state index contributed by atoms with van der Waals surface area (Å²) in [5.41, 5.74) is 6.51. The summed E-state index contributed by atoms with van der Waals surface area (Å²) in [6.07, 6.45) is 3.48. The first-order valence-electron chi connectivity index (χ1n) is 14.1. The van der Waals surface area contributed by atoms with Crippen molar-refractivity contribution in [3.8, 4) is 23.3 Å². The van der Waals surface area contributed by atoms with Crippen molar-refractivity contribution in [1.82, 2.24) is 24.8 Å². The summed E-state index contributed by atoms with van der Waals surface area (Å²) in [5, 5.41) is 10.4. The molecule has 3 aromatic heterocycles. The number of aliphatic hydroxyl groups is 1. The first-order valence-corrected chi connectivity index (χ1v) is 14.5. The van der Waals surface area contributed by atoms with E-state index in [0.717, 1.165) is 32.2 Å². The normalized spacial score (nSPS) is 25.8. The van der Waals surface area contributed by atoms with Crippen LogP contribution in [0.15, 0.2) is 6.07 Å². The van der Waals surface area contributed by atoms with Gasteiger partial charge in [0.25, 0.3) is 0 Å². The minimum Gasteiger partial charge on any atom is -0.475 e. The summed E-state index contributed by atoms with van der Waals surface area (Å²) < 4.78 is 43.2. The average molecular weight is 588 g/mol. The topological polar surface area (TPSA) is 123 Å². The molecule has 1 saturated carbocycles. The fourth-order valence-electron chi connectivity index (χ4n) is 6.70. The van der Waals surface area contributed by atoms with Crippen molar-refractivity contribution in [2.75, 3.05) is 50.6 Å². The molecule has 0 aromatic carbocycles. The Balaban J connectivity index is 1.38. The van der Waals surface area contributed by atoms with Crippen LogP contribution in [0.25, 0.3) is 22.3 Å². The number of aromatic nitrogens is 4. The van der Waals surface area contributed by atoms with Crippen LogP contribution in [0, 0.1) is 5.82 Å². The molecule has 0 amide bonds. The molecule has 13 heteroatoms. The van der Waals surface area contributed by atoms with E-state index in [1.165, 1.54) is 0 Å². The standard InChI is InChI=1S/C28H32ClF2N7O3/c1-37-16(5-8-39)12-40-26-20-22(21(31)24(34-26)23-19(14-3-4-14)17(29)9-18(32)33-23)35-27(36-25(20)37)41-13-28-6-2-7-38(28)11-15(30)10-28/h9,14-16,39H,2-8,10-13H2,1H3,(H2,32,33)/t15-,16+,28+/m1/s1. The summed E-state index contributed by atoms with van der Waals surface area (Å²) in [5.74, 6) is 0.119. The predicted octanol–water partition coefficient (Wildman–Crippen LogP) is 3.87. The van der Waals surface area contributed by atoms with Gasteiger partial charge in [-0.15, -0.1) is 0 Å². The Bertz CT molecular complexity index is 1530. The maximum atomic E-state index is 16.6. The van der Waals surface area contributed by atoms with Crippen LogP contribution in [0.4, 0.5) is 20.4 Å². The van der Waals surface area contributed by atoms with Crippen LogP contribution >= 0.6 is 11.6 Å². The smallest absolute Gasteiger partial charge is 0.319 e. The Morgan fingerprint density at radius 2 is 2.07 bits per heavy atom. The summed E-state index contributed by atoms with van der Waals surface area (Å²) in [7, 11) is 1.81. The number of ether oxygens (including phenoxy) is 2. The van der Waals surface area contributed by atoms with Crippen molar-refractivity contribution >= 4 is 34.1 Å². The molecular formula is C28H32ClF2N7O3. The molecule has 3 atom stereocenters. The molecule has 3 fully saturated rings. The van der Waals surface area contributed by atoms with Crippen molar-refractivity contribution < 1.29 is 23.4 Å². The van der Waals surface area contributed by atoms with Crippen molar-refractivity contribution in [3.05, 3.63) is 22.5 Å². The van der Waals surface area contributed by atoms with E-state index in [0.29, 0.717) is 41.2 Å². The molecule has 41 heavy (non-hydrogen) atoms. The third-order valence-corrected chi connectivity index (χ3v) is 9.25. The predicted molar refractivity (Wildman–Crippen MR) is 150 cm³/mol. The van der Waals surface area contributed by atoms with Crippen LogP contribution in [0.3, 0.4) is 0 Å². The van der Waals surface area contributed by atoms with Gasteiger partial charge in [0.1, 0.15) is 47.6 Å². The summed E-state index contributed by atoms with van der Waals surface area (Å²) in [4.78, 5) is 22.2. The van der Waals surface area contributed by atoms with Crippen molar-refractivity contribution in [2.24, 2.45) is 0 Å². The zero-order valence-electron chi connectivity index (χ0n) is 22.7. The van der Waals surface area contributed by atoms with Crippen LogP contribution in [0.1, 0.15) is 50.0 Å². The van der Waals surface area contributed by atoms with Gasteiger partial charge >= 0.3 is 6.01 Å². The molecule has 3 N–H and O–H groups in total. The number of nitrogens with zero attached hydrogens (tertiary/aromatic N) is 6. The quantitative estimate of drug-likeness (QED) is 0.421. The molecule has 10 nitrogen and oxygen atoms in total. The summed E-state index contributed by atoms with van der Waals surface area (Å²) >= 11 is 6.57. The first kappa shape index (κ1) is 26.8. The maximum Gasteiger partial charge on any atom is 0.319 e. The summed E-state index contributed by atoms with van der Waals surface area (Å²) in [6, 6.07) is 1.29. The Kier molecular flexibility index (Phi) is 6.55. The molecule has 3 aromatic rings. The van der Waals surface area contributed by atoms with Gasteiger partial charge in [-0.1, -0.05) is 11.6 Å². The van der Waals surface area contributed by atoms with E-state index in [1.807, 2.05) is 11.9 Å². The first-order chi connectivity index (χ1) is 19.8. The van der Waals surface area contributed by atoms with Gasteiger partial charge in [-0.2, -0.15) is 9.97 Å². The third kappa shape index (κ3) is 4.51. The molecule has 0 bridgehead atoms. The second-order valence-corrected chi connectivity index (χ2v) is 12.1. The Hall–Kier alpha value is -3.09. The van der Waals surface area contributed by atoms with E-state index in [-0.39, 0.29) is 66.4 Å². The van der Waals surface area contributed by atoms with E-state index >= 15 is 4.39 Å². The Morgan fingerprint density at radius 1 is 1.24 bits per heavy atom. The monoisotopic (exact) mass is 587 g/mol. The number of halogens is 3. The number of nitrogens with two attached hydrogens (primary N) is 1. The number of alkyl halides is 1. The van der Waals surface area contributed by atoms with Crippen LogP contribution in [-0.2, 0) is 0 Å². The highest BCUT2D eigenvalue weighted by Gasteiger charge is 2.49. The van der Waals surface area contributed by atoms with E-state index in [4.69, 9.17) is 26.8 Å². The Morgan fingerprint density at radius 3 is 2.85 bits per heavy atom. The number of pyridine rings is 2. The Labute approximate surface area is 240 Å². The molecular weight excluding hydrogens is 556 g/mol. The zero-order valence-corrected chi connectivity index (χ0v) is 23.5. The molecule has 6 heterocycles. The van der Waals surface area contributed by atoms with Crippen LogP contribution in [0.2, 0.25) is 5.02 Å².